The number of rotatable bonds is 1. The van der Waals surface area contributed by atoms with Gasteiger partial charge in [0.2, 0.25) is 0 Å². The third-order valence-corrected chi connectivity index (χ3v) is 2.98. The van der Waals surface area contributed by atoms with Crippen molar-refractivity contribution in [2.24, 2.45) is 4.99 Å². The van der Waals surface area contributed by atoms with Gasteiger partial charge < -0.3 is 0 Å². The fourth-order valence-electron chi connectivity index (χ4n) is 1.34. The first kappa shape index (κ1) is 8.72. The maximum Gasteiger partial charge on any atom is 0.186 e. The third kappa shape index (κ3) is 1.56. The third-order valence-electron chi connectivity index (χ3n) is 2.00. The van der Waals surface area contributed by atoms with Crippen LogP contribution in [0.15, 0.2) is 23.6 Å². The normalized spacial score (nSPS) is 15.6. The number of thioether (sulfide) groups is 1. The molecule has 0 bridgehead atoms. The molecule has 0 aromatic carbocycles. The molecule has 74 valence electrons. The molecule has 0 unspecified atom stereocenters. The molecule has 0 amide bonds. The van der Waals surface area contributed by atoms with Gasteiger partial charge in [-0.3, -0.25) is 4.99 Å². The van der Waals surface area contributed by atoms with Gasteiger partial charge in [-0.25, -0.2) is 19.9 Å². The summed E-state index contributed by atoms with van der Waals surface area (Å²) in [5, 5.41) is 0.905. The fraction of sp³-hybridized carbons (Fsp3) is 0.222. The molecule has 0 saturated heterocycles. The van der Waals surface area contributed by atoms with E-state index in [-0.39, 0.29) is 0 Å². The smallest absolute Gasteiger partial charge is 0.186 e. The summed E-state index contributed by atoms with van der Waals surface area (Å²) >= 11 is 1.68. The van der Waals surface area contributed by atoms with Crippen molar-refractivity contribution in [2.45, 2.75) is 0 Å². The summed E-state index contributed by atoms with van der Waals surface area (Å²) in [5.74, 6) is 1.67. The molecule has 1 aliphatic rings. The summed E-state index contributed by atoms with van der Waals surface area (Å²) in [5.41, 5.74) is 1.34. The average Bonchev–Trinajstić information content (AvgIpc) is 2.82. The molecule has 1 aliphatic heterocycles. The summed E-state index contributed by atoms with van der Waals surface area (Å²) in [7, 11) is 0. The highest BCUT2D eigenvalue weighted by Crippen LogP contribution is 2.16. The number of aliphatic imine (C=N–C) groups is 1. The minimum Gasteiger partial charge on any atom is -0.274 e. The van der Waals surface area contributed by atoms with Crippen LogP contribution in [0.4, 0.5) is 0 Å². The number of hydrogen-bond donors (Lipinski definition) is 0. The van der Waals surface area contributed by atoms with E-state index >= 15 is 0 Å². The van der Waals surface area contributed by atoms with Crippen molar-refractivity contribution >= 4 is 28.0 Å². The van der Waals surface area contributed by atoms with Gasteiger partial charge in [-0.15, -0.1) is 11.8 Å². The van der Waals surface area contributed by atoms with Gasteiger partial charge in [0.15, 0.2) is 11.5 Å². The molecule has 0 fully saturated rings. The molecule has 0 radical (unpaired) electrons. The molecule has 2 aromatic rings. The molecule has 5 nitrogen and oxygen atoms in total. The number of nitrogens with zero attached hydrogens (tertiary/aromatic N) is 5. The lowest BCUT2D eigenvalue weighted by atomic mass is 10.5. The Morgan fingerprint density at radius 3 is 2.93 bits per heavy atom. The van der Waals surface area contributed by atoms with Crippen molar-refractivity contribution < 1.29 is 0 Å². The molecule has 3 rings (SSSR count). The summed E-state index contributed by atoms with van der Waals surface area (Å²) < 4.78 is 0. The lowest BCUT2D eigenvalue weighted by Crippen LogP contribution is -2.01. The molecular weight excluding hydrogens is 210 g/mol. The van der Waals surface area contributed by atoms with Crippen LogP contribution in [0.2, 0.25) is 0 Å². The second-order valence-electron chi connectivity index (χ2n) is 2.99. The predicted octanol–water partition coefficient (Wildman–Crippen LogP) is 0.913. The molecule has 6 heteroatoms. The second-order valence-corrected chi connectivity index (χ2v) is 4.08. The fourth-order valence-corrected chi connectivity index (χ4v) is 2.13. The standard InChI is InChI=1S/C9H7N5S/c1-2-11-7-6(10-1)5-13-8(14-7)9-12-3-4-15-9/h1-2,5H,3-4H2. The molecule has 0 atom stereocenters. The largest absolute Gasteiger partial charge is 0.274 e. The molecule has 0 saturated carbocycles. The minimum absolute atomic E-state index is 0.623. The van der Waals surface area contributed by atoms with Crippen molar-refractivity contribution in [3.63, 3.8) is 0 Å². The van der Waals surface area contributed by atoms with Crippen molar-refractivity contribution in [3.8, 4) is 0 Å². The summed E-state index contributed by atoms with van der Waals surface area (Å²) in [6, 6.07) is 0. The molecule has 0 aliphatic carbocycles. The van der Waals surface area contributed by atoms with Crippen LogP contribution in [0.1, 0.15) is 5.82 Å². The molecule has 3 heterocycles. The Morgan fingerprint density at radius 2 is 2.07 bits per heavy atom. The van der Waals surface area contributed by atoms with Crippen molar-refractivity contribution in [3.05, 3.63) is 24.4 Å². The first-order valence-corrected chi connectivity index (χ1v) is 5.53. The van der Waals surface area contributed by atoms with Crippen LogP contribution in [0.25, 0.3) is 11.2 Å². The Balaban J connectivity index is 2.13. The highest BCUT2D eigenvalue weighted by Gasteiger charge is 2.13. The summed E-state index contributed by atoms with van der Waals surface area (Å²) in [6.45, 7) is 0.849. The van der Waals surface area contributed by atoms with Crippen LogP contribution < -0.4 is 0 Å². The van der Waals surface area contributed by atoms with Crippen LogP contribution in [0.5, 0.6) is 0 Å². The van der Waals surface area contributed by atoms with E-state index in [2.05, 4.69) is 24.9 Å². The van der Waals surface area contributed by atoms with Crippen LogP contribution in [0, 0.1) is 0 Å². The van der Waals surface area contributed by atoms with Crippen molar-refractivity contribution in [1.29, 1.82) is 0 Å². The minimum atomic E-state index is 0.623. The van der Waals surface area contributed by atoms with E-state index in [0.29, 0.717) is 17.0 Å². The zero-order valence-corrected chi connectivity index (χ0v) is 8.61. The van der Waals surface area contributed by atoms with Gasteiger partial charge in [0.25, 0.3) is 0 Å². The first-order chi connectivity index (χ1) is 7.43. The number of hydrogen-bond acceptors (Lipinski definition) is 6. The average molecular weight is 217 g/mol. The van der Waals surface area contributed by atoms with Gasteiger partial charge in [0, 0.05) is 24.7 Å². The number of fused-ring (bicyclic) bond motifs is 1. The van der Waals surface area contributed by atoms with Gasteiger partial charge in [0.1, 0.15) is 10.6 Å². The Morgan fingerprint density at radius 1 is 1.13 bits per heavy atom. The summed E-state index contributed by atoms with van der Waals surface area (Å²) in [4.78, 5) is 21.1. The quantitative estimate of drug-likeness (QED) is 0.710. The molecule has 15 heavy (non-hydrogen) atoms. The van der Waals surface area contributed by atoms with Crippen LogP contribution in [-0.4, -0.2) is 37.3 Å². The van der Waals surface area contributed by atoms with Gasteiger partial charge in [-0.2, -0.15) is 0 Å². The zero-order valence-electron chi connectivity index (χ0n) is 7.79. The van der Waals surface area contributed by atoms with E-state index < -0.39 is 0 Å². The van der Waals surface area contributed by atoms with Crippen LogP contribution in [-0.2, 0) is 0 Å². The monoisotopic (exact) mass is 217 g/mol. The maximum atomic E-state index is 4.32. The van der Waals surface area contributed by atoms with Gasteiger partial charge >= 0.3 is 0 Å². The maximum absolute atomic E-state index is 4.32. The van der Waals surface area contributed by atoms with Crippen molar-refractivity contribution in [2.75, 3.05) is 12.3 Å². The summed E-state index contributed by atoms with van der Waals surface area (Å²) in [6.07, 6.45) is 4.95. The van der Waals surface area contributed by atoms with Crippen LogP contribution >= 0.6 is 11.8 Å². The van der Waals surface area contributed by atoms with E-state index in [9.17, 15) is 0 Å². The predicted molar refractivity (Wildman–Crippen MR) is 59.0 cm³/mol. The molecule has 0 N–H and O–H groups in total. The van der Waals surface area contributed by atoms with E-state index in [4.69, 9.17) is 0 Å². The molecule has 2 aromatic heterocycles. The molecule has 0 spiro atoms. The van der Waals surface area contributed by atoms with Crippen LogP contribution in [0.3, 0.4) is 0 Å². The first-order valence-electron chi connectivity index (χ1n) is 4.55. The number of aromatic nitrogens is 4. The van der Waals surface area contributed by atoms with Gasteiger partial charge in [-0.05, 0) is 0 Å². The van der Waals surface area contributed by atoms with Gasteiger partial charge in [-0.1, -0.05) is 0 Å². The van der Waals surface area contributed by atoms with E-state index in [1.807, 2.05) is 0 Å². The molecular formula is C9H7N5S. The van der Waals surface area contributed by atoms with E-state index in [1.165, 1.54) is 0 Å². The van der Waals surface area contributed by atoms with E-state index in [0.717, 1.165) is 17.3 Å². The SMILES string of the molecule is c1cnc2nc(C3=NCCS3)ncc2n1. The highest BCUT2D eigenvalue weighted by atomic mass is 32.2. The van der Waals surface area contributed by atoms with Gasteiger partial charge in [0.05, 0.1) is 6.20 Å². The Hall–Kier alpha value is -1.56. The Labute approximate surface area is 90.1 Å². The Bertz CT molecular complexity index is 539. The lowest BCUT2D eigenvalue weighted by molar-refractivity contribution is 1.11. The highest BCUT2D eigenvalue weighted by molar-refractivity contribution is 8.14. The second kappa shape index (κ2) is 3.54. The van der Waals surface area contributed by atoms with E-state index in [1.54, 1.807) is 30.4 Å². The van der Waals surface area contributed by atoms with Crippen molar-refractivity contribution in [1.82, 2.24) is 19.9 Å². The zero-order chi connectivity index (χ0) is 10.1. The lowest BCUT2D eigenvalue weighted by Gasteiger charge is -1.98. The Kier molecular flexibility index (Phi) is 2.06. The topological polar surface area (TPSA) is 63.9 Å².